The van der Waals surface area contributed by atoms with Crippen molar-refractivity contribution in [3.05, 3.63) is 23.5 Å². The van der Waals surface area contributed by atoms with Gasteiger partial charge < -0.3 is 9.47 Å². The molecule has 3 atom stereocenters. The zero-order chi connectivity index (χ0) is 16.5. The number of esters is 1. The number of methoxy groups -OCH3 is 1. The van der Waals surface area contributed by atoms with Gasteiger partial charge >= 0.3 is 5.97 Å². The fraction of sp³-hybridized carbons (Fsp3) is 0.556. The van der Waals surface area contributed by atoms with Crippen molar-refractivity contribution >= 4 is 11.8 Å². The fourth-order valence-electron chi connectivity index (χ4n) is 3.19. The molecule has 0 saturated heterocycles. The molecule has 0 heterocycles. The highest BCUT2D eigenvalue weighted by Gasteiger charge is 2.61. The van der Waals surface area contributed by atoms with Gasteiger partial charge in [0.1, 0.15) is 6.10 Å². The molecule has 22 heavy (non-hydrogen) atoms. The highest BCUT2D eigenvalue weighted by molar-refractivity contribution is 6.00. The van der Waals surface area contributed by atoms with Gasteiger partial charge in [-0.15, -0.1) is 12.3 Å². The minimum absolute atomic E-state index is 0.0147. The monoisotopic (exact) mass is 302 g/mol. The Morgan fingerprint density at radius 2 is 2.18 bits per heavy atom. The Bertz CT molecular complexity index is 589. The topological polar surface area (TPSA) is 52.6 Å². The van der Waals surface area contributed by atoms with Gasteiger partial charge in [0.25, 0.3) is 0 Å². The summed E-state index contributed by atoms with van der Waals surface area (Å²) < 4.78 is 10.5. The van der Waals surface area contributed by atoms with Crippen molar-refractivity contribution in [2.75, 3.05) is 7.11 Å². The second-order valence-corrected chi connectivity index (χ2v) is 6.48. The van der Waals surface area contributed by atoms with Gasteiger partial charge in [0.2, 0.25) is 0 Å². The molecule has 0 aromatic rings. The number of ketones is 1. The molecule has 2 aliphatic carbocycles. The Labute approximate surface area is 131 Å². The molecule has 0 aromatic carbocycles. The largest absolute Gasteiger partial charge is 0.505 e. The van der Waals surface area contributed by atoms with Crippen molar-refractivity contribution in [3.8, 4) is 12.3 Å². The molecular formula is C18H22O4. The second kappa shape index (κ2) is 6.00. The van der Waals surface area contributed by atoms with Crippen LogP contribution in [0.3, 0.4) is 0 Å². The normalized spacial score (nSPS) is 29.6. The summed E-state index contributed by atoms with van der Waals surface area (Å²) in [5.41, 5.74) is 1.26. The van der Waals surface area contributed by atoms with E-state index in [1.165, 1.54) is 0 Å². The van der Waals surface area contributed by atoms with Crippen LogP contribution in [-0.4, -0.2) is 25.0 Å². The van der Waals surface area contributed by atoms with Crippen LogP contribution in [0.1, 0.15) is 33.6 Å². The van der Waals surface area contributed by atoms with E-state index in [2.05, 4.69) is 5.92 Å². The lowest BCUT2D eigenvalue weighted by atomic mass is 10.1. The van der Waals surface area contributed by atoms with E-state index < -0.39 is 6.10 Å². The van der Waals surface area contributed by atoms with Crippen molar-refractivity contribution in [3.63, 3.8) is 0 Å². The summed E-state index contributed by atoms with van der Waals surface area (Å²) >= 11 is 0. The van der Waals surface area contributed by atoms with Gasteiger partial charge in [0.05, 0.1) is 25.7 Å². The summed E-state index contributed by atoms with van der Waals surface area (Å²) in [4.78, 5) is 24.3. The van der Waals surface area contributed by atoms with Crippen LogP contribution in [0, 0.1) is 29.6 Å². The zero-order valence-electron chi connectivity index (χ0n) is 13.5. The predicted octanol–water partition coefficient (Wildman–Crippen LogP) is 2.64. The highest BCUT2D eigenvalue weighted by Crippen LogP contribution is 2.59. The Morgan fingerprint density at radius 3 is 2.77 bits per heavy atom. The van der Waals surface area contributed by atoms with Crippen molar-refractivity contribution < 1.29 is 19.1 Å². The number of carbonyl (C=O) groups excluding carboxylic acids is 2. The van der Waals surface area contributed by atoms with E-state index in [4.69, 9.17) is 15.9 Å². The van der Waals surface area contributed by atoms with Crippen molar-refractivity contribution in [1.82, 2.24) is 0 Å². The van der Waals surface area contributed by atoms with Crippen LogP contribution in [0.15, 0.2) is 23.5 Å². The van der Waals surface area contributed by atoms with Gasteiger partial charge in [0.15, 0.2) is 5.78 Å². The summed E-state index contributed by atoms with van der Waals surface area (Å²) in [7, 11) is 1.57. The molecule has 118 valence electrons. The maximum Gasteiger partial charge on any atom is 0.310 e. The summed E-state index contributed by atoms with van der Waals surface area (Å²) in [6, 6.07) is 0. The SMILES string of the molecule is C#CCC1=C(C)C(OC(=O)[C@H]2[C@H](C=COC)C2(C)C)CC1=O. The first-order chi connectivity index (χ1) is 10.3. The smallest absolute Gasteiger partial charge is 0.310 e. The number of allylic oxidation sites excluding steroid dienone is 2. The van der Waals surface area contributed by atoms with Crippen LogP contribution in [0.2, 0.25) is 0 Å². The molecular weight excluding hydrogens is 280 g/mol. The lowest BCUT2D eigenvalue weighted by Gasteiger charge is -2.13. The predicted molar refractivity (Wildman–Crippen MR) is 82.6 cm³/mol. The van der Waals surface area contributed by atoms with Gasteiger partial charge in [-0.2, -0.15) is 0 Å². The average molecular weight is 302 g/mol. The second-order valence-electron chi connectivity index (χ2n) is 6.48. The van der Waals surface area contributed by atoms with Gasteiger partial charge in [0, 0.05) is 12.0 Å². The standard InChI is InChI=1S/C18H22O4/c1-6-7-12-11(2)15(10-14(12)19)22-17(20)16-13(8-9-21-5)18(16,3)4/h1,8-9,13,15-16H,7,10H2,2-5H3/t13-,15?,16+/m0/s1. The third-order valence-electron chi connectivity index (χ3n) is 4.79. The lowest BCUT2D eigenvalue weighted by molar-refractivity contribution is -0.150. The third kappa shape index (κ3) is 2.81. The number of hydrogen-bond acceptors (Lipinski definition) is 4. The molecule has 4 heteroatoms. The van der Waals surface area contributed by atoms with E-state index in [9.17, 15) is 9.59 Å². The van der Waals surface area contributed by atoms with Crippen LogP contribution >= 0.6 is 0 Å². The molecule has 2 aliphatic rings. The molecule has 2 rings (SSSR count). The molecule has 0 bridgehead atoms. The van der Waals surface area contributed by atoms with Gasteiger partial charge in [-0.25, -0.2) is 0 Å². The zero-order valence-corrected chi connectivity index (χ0v) is 13.5. The van der Waals surface area contributed by atoms with Gasteiger partial charge in [-0.05, 0) is 29.9 Å². The summed E-state index contributed by atoms with van der Waals surface area (Å²) in [5, 5.41) is 0. The Kier molecular flexibility index (Phi) is 4.46. The Hall–Kier alpha value is -2.02. The maximum absolute atomic E-state index is 12.4. The van der Waals surface area contributed by atoms with Gasteiger partial charge in [-0.1, -0.05) is 13.8 Å². The van der Waals surface area contributed by atoms with Crippen LogP contribution in [0.25, 0.3) is 0 Å². The third-order valence-corrected chi connectivity index (χ3v) is 4.79. The molecule has 0 aliphatic heterocycles. The Morgan fingerprint density at radius 1 is 1.50 bits per heavy atom. The number of ether oxygens (including phenoxy) is 2. The first-order valence-corrected chi connectivity index (χ1v) is 7.40. The van der Waals surface area contributed by atoms with Crippen molar-refractivity contribution in [2.45, 2.75) is 39.7 Å². The minimum atomic E-state index is -0.466. The minimum Gasteiger partial charge on any atom is -0.505 e. The average Bonchev–Trinajstić information content (AvgIpc) is 2.91. The number of carbonyl (C=O) groups is 2. The van der Waals surface area contributed by atoms with Crippen LogP contribution in [0.5, 0.6) is 0 Å². The summed E-state index contributed by atoms with van der Waals surface area (Å²) in [5.74, 6) is 2.12. The molecule has 4 nitrogen and oxygen atoms in total. The number of hydrogen-bond donors (Lipinski definition) is 0. The molecule has 1 fully saturated rings. The van der Waals surface area contributed by atoms with Gasteiger partial charge in [-0.3, -0.25) is 9.59 Å². The van der Waals surface area contributed by atoms with Crippen LogP contribution < -0.4 is 0 Å². The number of rotatable bonds is 5. The van der Waals surface area contributed by atoms with Crippen molar-refractivity contribution in [1.29, 1.82) is 0 Å². The molecule has 1 saturated carbocycles. The lowest BCUT2D eigenvalue weighted by Crippen LogP contribution is -2.20. The van der Waals surface area contributed by atoms with E-state index in [1.54, 1.807) is 13.4 Å². The quantitative estimate of drug-likeness (QED) is 0.445. The number of terminal acetylenes is 1. The van der Waals surface area contributed by atoms with Crippen LogP contribution in [-0.2, 0) is 19.1 Å². The van der Waals surface area contributed by atoms with E-state index in [0.717, 1.165) is 5.57 Å². The van der Waals surface area contributed by atoms with Crippen LogP contribution in [0.4, 0.5) is 0 Å². The van der Waals surface area contributed by atoms with Crippen molar-refractivity contribution in [2.24, 2.45) is 17.3 Å². The molecule has 0 radical (unpaired) electrons. The molecule has 1 unspecified atom stereocenters. The molecule has 0 N–H and O–H groups in total. The highest BCUT2D eigenvalue weighted by atomic mass is 16.5. The van der Waals surface area contributed by atoms with E-state index in [0.29, 0.717) is 12.0 Å². The summed E-state index contributed by atoms with van der Waals surface area (Å²) in [6.07, 6.45) is 8.79. The maximum atomic E-state index is 12.4. The van der Waals surface area contributed by atoms with E-state index >= 15 is 0 Å². The Balaban J connectivity index is 2.04. The summed E-state index contributed by atoms with van der Waals surface area (Å²) in [6.45, 7) is 5.86. The van der Waals surface area contributed by atoms with E-state index in [1.807, 2.05) is 26.8 Å². The van der Waals surface area contributed by atoms with E-state index in [-0.39, 0.29) is 35.4 Å². The number of Topliss-reactive ketones (excluding diaryl/α,β-unsaturated/α-hetero) is 1. The fourth-order valence-corrected chi connectivity index (χ4v) is 3.19. The molecule has 0 amide bonds. The first-order valence-electron chi connectivity index (χ1n) is 7.40. The molecule has 0 spiro atoms. The first kappa shape index (κ1) is 16.4. The molecule has 0 aromatic heterocycles.